The van der Waals surface area contributed by atoms with Crippen LogP contribution in [-0.2, 0) is 16.1 Å². The van der Waals surface area contributed by atoms with Gasteiger partial charge in [-0.1, -0.05) is 17.9 Å². The Morgan fingerprint density at radius 3 is 2.56 bits per heavy atom. The molecule has 1 aliphatic rings. The number of hydrogen-bond acceptors (Lipinski definition) is 9. The van der Waals surface area contributed by atoms with Gasteiger partial charge in [0.15, 0.2) is 16.9 Å². The predicted molar refractivity (Wildman–Crippen MR) is 140 cm³/mol. The number of amides is 2. The van der Waals surface area contributed by atoms with Crippen LogP contribution in [0.3, 0.4) is 0 Å². The van der Waals surface area contributed by atoms with Gasteiger partial charge in [-0.05, 0) is 42.0 Å². The predicted octanol–water partition coefficient (Wildman–Crippen LogP) is 3.72. The number of nitrogens with two attached hydrogens (primary N) is 1. The molecule has 41 heavy (non-hydrogen) atoms. The molecular formula is C27H17F3N6O4S. The maximum Gasteiger partial charge on any atom is 0.491 e. The lowest BCUT2D eigenvalue weighted by molar-refractivity contribution is -0.189. The van der Waals surface area contributed by atoms with E-state index in [0.29, 0.717) is 22.5 Å². The van der Waals surface area contributed by atoms with E-state index in [1.807, 2.05) is 0 Å². The Balaban J connectivity index is 1.49. The Labute approximate surface area is 234 Å². The number of alkyl halides is 3. The maximum atomic E-state index is 13.6. The first-order chi connectivity index (χ1) is 19.6. The second-order valence-corrected chi connectivity index (χ2v) is 9.42. The van der Waals surface area contributed by atoms with E-state index in [0.717, 1.165) is 22.3 Å². The summed E-state index contributed by atoms with van der Waals surface area (Å²) in [6, 6.07) is 8.91. The number of nitrogens with one attached hydrogen (secondary N) is 1. The van der Waals surface area contributed by atoms with Crippen LogP contribution in [0.4, 0.5) is 24.1 Å². The van der Waals surface area contributed by atoms with Gasteiger partial charge in [0.25, 0.3) is 11.8 Å². The highest BCUT2D eigenvalue weighted by molar-refractivity contribution is 7.13. The zero-order chi connectivity index (χ0) is 29.1. The second kappa shape index (κ2) is 11.1. The van der Waals surface area contributed by atoms with Crippen LogP contribution in [-0.4, -0.2) is 43.8 Å². The quantitative estimate of drug-likeness (QED) is 0.270. The number of anilines is 2. The molecule has 1 aromatic carbocycles. The average Bonchev–Trinajstić information content (AvgIpc) is 3.56. The topological polar surface area (TPSA) is 140 Å². The van der Waals surface area contributed by atoms with E-state index in [4.69, 9.17) is 5.73 Å². The van der Waals surface area contributed by atoms with Crippen molar-refractivity contribution in [3.8, 4) is 17.6 Å². The number of benzene rings is 1. The Morgan fingerprint density at radius 2 is 1.85 bits per heavy atom. The van der Waals surface area contributed by atoms with Crippen LogP contribution in [0.15, 0.2) is 66.4 Å². The lowest BCUT2D eigenvalue weighted by atomic mass is 10.1. The molecule has 1 atom stereocenters. The first-order valence-electron chi connectivity index (χ1n) is 11.7. The highest BCUT2D eigenvalue weighted by Gasteiger charge is 2.44. The van der Waals surface area contributed by atoms with Gasteiger partial charge in [-0.15, -0.1) is 11.3 Å². The van der Waals surface area contributed by atoms with E-state index in [-0.39, 0.29) is 22.9 Å². The zero-order valence-electron chi connectivity index (χ0n) is 20.7. The molecule has 0 saturated heterocycles. The van der Waals surface area contributed by atoms with E-state index in [1.165, 1.54) is 24.7 Å². The summed E-state index contributed by atoms with van der Waals surface area (Å²) in [5.74, 6) is 1.66. The number of halogens is 3. The van der Waals surface area contributed by atoms with Crippen LogP contribution in [0, 0.1) is 11.8 Å². The van der Waals surface area contributed by atoms with Crippen LogP contribution >= 0.6 is 11.3 Å². The number of rotatable bonds is 5. The van der Waals surface area contributed by atoms with E-state index in [9.17, 15) is 27.6 Å². The number of fused-ring (bicyclic) bond motifs is 1. The molecule has 1 unspecified atom stereocenters. The molecule has 3 aromatic heterocycles. The van der Waals surface area contributed by atoms with Gasteiger partial charge in [0, 0.05) is 47.2 Å². The highest BCUT2D eigenvalue weighted by atomic mass is 32.1. The van der Waals surface area contributed by atoms with Crippen molar-refractivity contribution in [2.24, 2.45) is 0 Å². The van der Waals surface area contributed by atoms with E-state index < -0.39 is 35.8 Å². The summed E-state index contributed by atoms with van der Waals surface area (Å²) in [6.07, 6.45) is -1.15. The first-order valence-corrected chi connectivity index (χ1v) is 12.6. The number of thiazole rings is 1. The fraction of sp³-hybridized carbons (Fsp3) is 0.111. The molecular weight excluding hydrogens is 561 g/mol. The monoisotopic (exact) mass is 578 g/mol. The largest absolute Gasteiger partial charge is 0.491 e. The van der Waals surface area contributed by atoms with E-state index in [2.05, 4.69) is 36.8 Å². The van der Waals surface area contributed by atoms with Crippen molar-refractivity contribution in [2.75, 3.05) is 11.1 Å². The number of aromatic nitrogens is 3. The molecule has 0 saturated carbocycles. The number of nitrogen functional groups attached to an aromatic ring is 1. The normalized spacial score (nSPS) is 13.1. The minimum absolute atomic E-state index is 0.0804. The van der Waals surface area contributed by atoms with Crippen molar-refractivity contribution in [3.63, 3.8) is 0 Å². The smallest absolute Gasteiger partial charge is 0.418 e. The summed E-state index contributed by atoms with van der Waals surface area (Å²) < 4.78 is 43.5. The van der Waals surface area contributed by atoms with Gasteiger partial charge in [0.05, 0.1) is 0 Å². The van der Waals surface area contributed by atoms with Crippen molar-refractivity contribution in [1.82, 2.24) is 19.9 Å². The molecule has 0 fully saturated rings. The fourth-order valence-electron chi connectivity index (χ4n) is 3.96. The fourth-order valence-corrected chi connectivity index (χ4v) is 4.49. The summed E-state index contributed by atoms with van der Waals surface area (Å²) >= 11 is 1.09. The molecule has 5 rings (SSSR count). The Kier molecular flexibility index (Phi) is 7.36. The molecule has 10 nitrogen and oxygen atoms in total. The Morgan fingerprint density at radius 1 is 1.07 bits per heavy atom. The van der Waals surface area contributed by atoms with Gasteiger partial charge >= 0.3 is 12.1 Å². The van der Waals surface area contributed by atoms with Crippen molar-refractivity contribution in [3.05, 3.63) is 94.4 Å². The molecule has 206 valence electrons. The molecule has 4 heterocycles. The van der Waals surface area contributed by atoms with Crippen LogP contribution in [0.25, 0.3) is 0 Å². The molecule has 1 aliphatic heterocycles. The van der Waals surface area contributed by atoms with Gasteiger partial charge in [-0.2, -0.15) is 13.2 Å². The third-order valence-corrected chi connectivity index (χ3v) is 6.48. The van der Waals surface area contributed by atoms with Gasteiger partial charge in [0.2, 0.25) is 0 Å². The number of esters is 1. The van der Waals surface area contributed by atoms with Crippen molar-refractivity contribution in [1.29, 1.82) is 0 Å². The van der Waals surface area contributed by atoms with Crippen molar-refractivity contribution < 1.29 is 32.3 Å². The molecule has 0 spiro atoms. The summed E-state index contributed by atoms with van der Waals surface area (Å²) in [7, 11) is 0. The van der Waals surface area contributed by atoms with Crippen LogP contribution in [0.1, 0.15) is 38.8 Å². The van der Waals surface area contributed by atoms with Gasteiger partial charge in [-0.3, -0.25) is 19.9 Å². The third kappa shape index (κ3) is 5.99. The molecule has 3 N–H and O–H groups in total. The van der Waals surface area contributed by atoms with Crippen LogP contribution in [0.5, 0.6) is 5.75 Å². The first kappa shape index (κ1) is 27.3. The third-order valence-electron chi connectivity index (χ3n) is 5.79. The molecule has 0 aliphatic carbocycles. The maximum absolute atomic E-state index is 13.6. The highest BCUT2D eigenvalue weighted by Crippen LogP contribution is 2.36. The summed E-state index contributed by atoms with van der Waals surface area (Å²) in [5.41, 5.74) is 7.11. The van der Waals surface area contributed by atoms with Gasteiger partial charge < -0.3 is 15.4 Å². The standard InChI is InChI=1S/C27H17F3N6O4S/c28-27(29,30)25(39)40-19-2-1-9-32-21(19)22(23(37)35-26-33-10-11-41-26)36-14-17-7-5-15(12-18(17)24(36)38)3-4-16-6-8-20(31)34-13-16/h1-2,5-13,22H,14H2,(H2,31,34)(H,33,35,37). The zero-order valence-corrected chi connectivity index (χ0v) is 21.5. The molecule has 14 heteroatoms. The average molecular weight is 579 g/mol. The number of carbonyl (C=O) groups is 3. The van der Waals surface area contributed by atoms with E-state index in [1.54, 1.807) is 35.7 Å². The number of carbonyl (C=O) groups excluding carboxylic acids is 3. The molecule has 0 bridgehead atoms. The summed E-state index contributed by atoms with van der Waals surface area (Å²) in [4.78, 5) is 51.9. The number of hydrogen-bond donors (Lipinski definition) is 2. The van der Waals surface area contributed by atoms with Crippen LogP contribution in [0.2, 0.25) is 0 Å². The summed E-state index contributed by atoms with van der Waals surface area (Å²) in [5, 5.41) is 4.33. The lowest BCUT2D eigenvalue weighted by Crippen LogP contribution is -2.38. The number of ether oxygens (including phenoxy) is 1. The van der Waals surface area contributed by atoms with Gasteiger partial charge in [-0.25, -0.2) is 14.8 Å². The number of nitrogens with zero attached hydrogens (tertiary/aromatic N) is 4. The Bertz CT molecular complexity index is 1700. The lowest BCUT2D eigenvalue weighted by Gasteiger charge is -2.27. The minimum atomic E-state index is -5.30. The number of pyridine rings is 2. The Hall–Kier alpha value is -5.29. The molecule has 4 aromatic rings. The second-order valence-electron chi connectivity index (χ2n) is 8.53. The summed E-state index contributed by atoms with van der Waals surface area (Å²) in [6.45, 7) is -0.0804. The van der Waals surface area contributed by atoms with Crippen molar-refractivity contribution in [2.45, 2.75) is 18.8 Å². The molecule has 0 radical (unpaired) electrons. The minimum Gasteiger partial charge on any atom is -0.418 e. The van der Waals surface area contributed by atoms with Crippen molar-refractivity contribution >= 4 is 40.1 Å². The van der Waals surface area contributed by atoms with Gasteiger partial charge in [0.1, 0.15) is 11.5 Å². The SMILES string of the molecule is Nc1ccc(C#Cc2ccc3c(c2)C(=O)N(C(C(=O)Nc2nccs2)c2ncccc2OC(=O)C(F)(F)F)C3)cn1. The molecule has 2 amide bonds. The van der Waals surface area contributed by atoms with Crippen LogP contribution < -0.4 is 15.8 Å². The van der Waals surface area contributed by atoms with E-state index >= 15 is 0 Å².